The van der Waals surface area contributed by atoms with E-state index in [0.29, 0.717) is 0 Å². The Labute approximate surface area is 335 Å². The summed E-state index contributed by atoms with van der Waals surface area (Å²) in [6.45, 7) is 0. The Hall–Kier alpha value is -7.82. The van der Waals surface area contributed by atoms with Crippen molar-refractivity contribution in [2.75, 3.05) is 0 Å². The first-order valence-electron chi connectivity index (χ1n) is 19.6. The molecule has 58 heavy (non-hydrogen) atoms. The molecule has 0 radical (unpaired) electrons. The molecule has 4 aromatic heterocycles. The van der Waals surface area contributed by atoms with Gasteiger partial charge < -0.3 is 0 Å². The van der Waals surface area contributed by atoms with Crippen molar-refractivity contribution < 1.29 is 0 Å². The molecule has 0 N–H and O–H groups in total. The number of aromatic nitrogens is 4. The predicted molar refractivity (Wildman–Crippen MR) is 240 cm³/mol. The molecule has 0 fully saturated rings. The molecule has 7 aromatic carbocycles. The van der Waals surface area contributed by atoms with Gasteiger partial charge in [-0.05, 0) is 46.5 Å². The van der Waals surface area contributed by atoms with Gasteiger partial charge in [0.25, 0.3) is 0 Å². The molecule has 270 valence electrons. The number of rotatable bonds is 6. The van der Waals surface area contributed by atoms with Crippen LogP contribution in [0.1, 0.15) is 0 Å². The van der Waals surface area contributed by atoms with Gasteiger partial charge in [0.1, 0.15) is 0 Å². The van der Waals surface area contributed by atoms with Crippen LogP contribution in [0.2, 0.25) is 0 Å². The Kier molecular flexibility index (Phi) is 8.11. The van der Waals surface area contributed by atoms with Crippen molar-refractivity contribution in [3.05, 3.63) is 206 Å². The van der Waals surface area contributed by atoms with Crippen molar-refractivity contribution >= 4 is 43.6 Å². The van der Waals surface area contributed by atoms with Gasteiger partial charge in [0.2, 0.25) is 0 Å². The normalized spacial score (nSPS) is 11.4. The summed E-state index contributed by atoms with van der Waals surface area (Å²) in [5, 5.41) is 4.26. The van der Waals surface area contributed by atoms with Gasteiger partial charge in [-0.25, -0.2) is 19.9 Å². The van der Waals surface area contributed by atoms with Crippen LogP contribution in [-0.4, -0.2) is 19.9 Å². The summed E-state index contributed by atoms with van der Waals surface area (Å²) in [4.78, 5) is 21.1. The van der Waals surface area contributed by atoms with Gasteiger partial charge in [-0.2, -0.15) is 0 Å². The third-order valence-corrected chi connectivity index (χ3v) is 11.1. The highest BCUT2D eigenvalue weighted by atomic mass is 14.8. The van der Waals surface area contributed by atoms with Gasteiger partial charge in [0.15, 0.2) is 0 Å². The third kappa shape index (κ3) is 5.96. The number of hydrogen-bond donors (Lipinski definition) is 0. The number of hydrogen-bond acceptors (Lipinski definition) is 4. The van der Waals surface area contributed by atoms with E-state index in [0.717, 1.165) is 111 Å². The molecule has 0 spiro atoms. The second-order valence-electron chi connectivity index (χ2n) is 14.6. The van der Waals surface area contributed by atoms with E-state index >= 15 is 0 Å². The summed E-state index contributed by atoms with van der Waals surface area (Å²) >= 11 is 0. The van der Waals surface area contributed by atoms with Crippen LogP contribution in [0.5, 0.6) is 0 Å². The smallest absolute Gasteiger partial charge is 0.0978 e. The maximum Gasteiger partial charge on any atom is 0.0978 e. The zero-order chi connectivity index (χ0) is 38.4. The summed E-state index contributed by atoms with van der Waals surface area (Å²) in [6.07, 6.45) is 0. The molecule has 0 atom stereocenters. The number of fused-ring (bicyclic) bond motifs is 6. The van der Waals surface area contributed by atoms with Crippen LogP contribution in [0.25, 0.3) is 111 Å². The molecule has 0 amide bonds. The molecule has 0 aliphatic heterocycles. The largest absolute Gasteiger partial charge is 0.245 e. The Morgan fingerprint density at radius 1 is 0.224 bits per heavy atom. The van der Waals surface area contributed by atoms with Crippen LogP contribution in [0, 0.1) is 0 Å². The van der Waals surface area contributed by atoms with Crippen molar-refractivity contribution in [2.24, 2.45) is 0 Å². The van der Waals surface area contributed by atoms with E-state index < -0.39 is 0 Å². The summed E-state index contributed by atoms with van der Waals surface area (Å²) in [5.74, 6) is 0. The minimum Gasteiger partial charge on any atom is -0.245 e. The standard InChI is InChI=1S/C54H34N4/c1-5-13-35(14-6-1)45-33-49(37-17-9-3-10-18-37)57-53-43(45)29-25-41-27-31-47(55-51(41)53)39-21-23-40(24-22-39)48-32-28-42-26-30-44-46(36-15-7-2-8-16-36)34-50(38-19-11-4-12-20-38)58-54(44)52(42)56-48/h1-34H. The van der Waals surface area contributed by atoms with Crippen LogP contribution in [0.15, 0.2) is 206 Å². The first-order valence-corrected chi connectivity index (χ1v) is 19.6. The highest BCUT2D eigenvalue weighted by Crippen LogP contribution is 2.38. The highest BCUT2D eigenvalue weighted by molar-refractivity contribution is 6.11. The first kappa shape index (κ1) is 33.5. The average Bonchev–Trinajstić information content (AvgIpc) is 3.31. The van der Waals surface area contributed by atoms with Crippen molar-refractivity contribution in [2.45, 2.75) is 0 Å². The minimum absolute atomic E-state index is 0.884. The molecule has 4 heterocycles. The zero-order valence-corrected chi connectivity index (χ0v) is 31.4. The summed E-state index contributed by atoms with van der Waals surface area (Å²) in [5.41, 5.74) is 16.0. The second-order valence-corrected chi connectivity index (χ2v) is 14.6. The maximum atomic E-state index is 5.30. The first-order chi connectivity index (χ1) is 28.7. The molecule has 0 bridgehead atoms. The molecule has 11 aromatic rings. The van der Waals surface area contributed by atoms with Gasteiger partial charge in [-0.3, -0.25) is 0 Å². The molecule has 11 rings (SSSR count). The minimum atomic E-state index is 0.884. The lowest BCUT2D eigenvalue weighted by atomic mass is 9.96. The number of benzene rings is 7. The van der Waals surface area contributed by atoms with E-state index in [4.69, 9.17) is 19.9 Å². The van der Waals surface area contributed by atoms with Gasteiger partial charge in [0.05, 0.1) is 44.8 Å². The Morgan fingerprint density at radius 3 is 0.914 bits per heavy atom. The molecule has 4 nitrogen and oxygen atoms in total. The highest BCUT2D eigenvalue weighted by Gasteiger charge is 2.16. The fourth-order valence-electron chi connectivity index (χ4n) is 8.10. The van der Waals surface area contributed by atoms with E-state index in [1.54, 1.807) is 0 Å². The van der Waals surface area contributed by atoms with Crippen LogP contribution in [0.4, 0.5) is 0 Å². The van der Waals surface area contributed by atoms with Crippen LogP contribution < -0.4 is 0 Å². The Morgan fingerprint density at radius 2 is 0.534 bits per heavy atom. The molecule has 0 saturated carbocycles. The summed E-state index contributed by atoms with van der Waals surface area (Å²) in [6, 6.07) is 72.0. The van der Waals surface area contributed by atoms with Crippen molar-refractivity contribution in [1.82, 2.24) is 19.9 Å². The molecule has 0 aliphatic carbocycles. The molecular formula is C54H34N4. The lowest BCUT2D eigenvalue weighted by molar-refractivity contribution is 1.36. The lowest BCUT2D eigenvalue weighted by Crippen LogP contribution is -1.94. The van der Waals surface area contributed by atoms with Gasteiger partial charge >= 0.3 is 0 Å². The van der Waals surface area contributed by atoms with Crippen molar-refractivity contribution in [3.63, 3.8) is 0 Å². The quantitative estimate of drug-likeness (QED) is 0.159. The van der Waals surface area contributed by atoms with Crippen LogP contribution in [-0.2, 0) is 0 Å². The topological polar surface area (TPSA) is 51.6 Å². The summed E-state index contributed by atoms with van der Waals surface area (Å²) in [7, 11) is 0. The van der Waals surface area contributed by atoms with E-state index in [9.17, 15) is 0 Å². The van der Waals surface area contributed by atoms with Gasteiger partial charge in [-0.1, -0.05) is 182 Å². The van der Waals surface area contributed by atoms with E-state index in [1.165, 1.54) is 0 Å². The fraction of sp³-hybridized carbons (Fsp3) is 0. The third-order valence-electron chi connectivity index (χ3n) is 11.1. The van der Waals surface area contributed by atoms with Crippen LogP contribution >= 0.6 is 0 Å². The van der Waals surface area contributed by atoms with E-state index in [-0.39, 0.29) is 0 Å². The Balaban J connectivity index is 1.01. The summed E-state index contributed by atoms with van der Waals surface area (Å²) < 4.78 is 0. The average molecular weight is 739 g/mol. The molecule has 0 unspecified atom stereocenters. The lowest BCUT2D eigenvalue weighted by Gasteiger charge is -2.13. The maximum absolute atomic E-state index is 5.30. The SMILES string of the molecule is c1ccc(-c2cc(-c3ccccc3)c3ccc4ccc(-c5ccc(-c6ccc7ccc8c(-c9ccccc9)cc(-c9ccccc9)nc8c7n6)cc5)nc4c3n2)cc1. The predicted octanol–water partition coefficient (Wildman–Crippen LogP) is 13.9. The van der Waals surface area contributed by atoms with Gasteiger partial charge in [-0.15, -0.1) is 0 Å². The zero-order valence-electron chi connectivity index (χ0n) is 31.4. The Bertz CT molecular complexity index is 3070. The molecule has 0 saturated heterocycles. The van der Waals surface area contributed by atoms with Crippen LogP contribution in [0.3, 0.4) is 0 Å². The number of nitrogens with zero attached hydrogens (tertiary/aromatic N) is 4. The van der Waals surface area contributed by atoms with Crippen molar-refractivity contribution in [3.8, 4) is 67.3 Å². The second kappa shape index (κ2) is 14.0. The molecular weight excluding hydrogens is 705 g/mol. The van der Waals surface area contributed by atoms with E-state index in [1.807, 2.05) is 12.1 Å². The molecule has 0 aliphatic rings. The monoisotopic (exact) mass is 738 g/mol. The van der Waals surface area contributed by atoms with E-state index in [2.05, 4.69) is 194 Å². The fourth-order valence-corrected chi connectivity index (χ4v) is 8.10. The molecule has 4 heteroatoms. The number of pyridine rings is 4. The van der Waals surface area contributed by atoms with Crippen molar-refractivity contribution in [1.29, 1.82) is 0 Å². The van der Waals surface area contributed by atoms with Gasteiger partial charge in [0, 0.05) is 43.8 Å².